The predicted molar refractivity (Wildman–Crippen MR) is 89.0 cm³/mol. The van der Waals surface area contributed by atoms with Crippen LogP contribution in [0.4, 0.5) is 0 Å². The minimum Gasteiger partial charge on any atom is -0.454 e. The van der Waals surface area contributed by atoms with E-state index in [1.807, 2.05) is 13.8 Å². The number of carbonyl (C=O) groups excluding carboxylic acids is 2. The zero-order valence-corrected chi connectivity index (χ0v) is 16.3. The molecule has 0 spiro atoms. The van der Waals surface area contributed by atoms with Gasteiger partial charge in [-0.25, -0.2) is 4.79 Å². The number of hydrogen-bond donors (Lipinski definition) is 0. The number of nitrogens with zero attached hydrogens (tertiary/aromatic N) is 1. The molecule has 0 aromatic carbocycles. The van der Waals surface area contributed by atoms with Gasteiger partial charge in [0, 0.05) is 10.3 Å². The van der Waals surface area contributed by atoms with E-state index in [9.17, 15) is 24.3 Å². The summed E-state index contributed by atoms with van der Waals surface area (Å²) in [5, 5.41) is 11.4. The first kappa shape index (κ1) is 21.7. The van der Waals surface area contributed by atoms with Crippen molar-refractivity contribution in [1.29, 1.82) is 0 Å². The molecule has 1 aliphatic rings. The minimum absolute atomic E-state index is 0.124. The van der Waals surface area contributed by atoms with Crippen LogP contribution in [0.1, 0.15) is 48.0 Å². The third kappa shape index (κ3) is 6.17. The average Bonchev–Trinajstić information content (AvgIpc) is 2.45. The van der Waals surface area contributed by atoms with E-state index in [1.54, 1.807) is 20.8 Å². The van der Waals surface area contributed by atoms with Crippen molar-refractivity contribution in [3.05, 3.63) is 10.1 Å². The van der Waals surface area contributed by atoms with E-state index in [1.165, 1.54) is 6.92 Å². The Morgan fingerprint density at radius 1 is 1.28 bits per heavy atom. The molecule has 1 saturated heterocycles. The van der Waals surface area contributed by atoms with Crippen LogP contribution in [0, 0.1) is 15.5 Å². The van der Waals surface area contributed by atoms with Crippen molar-refractivity contribution in [2.75, 3.05) is 13.2 Å². The smallest absolute Gasteiger partial charge is 0.375 e. The Morgan fingerprint density at radius 2 is 1.76 bits per heavy atom. The molecule has 2 unspecified atom stereocenters. The molecule has 1 heterocycles. The molecule has 0 saturated carbocycles. The molecule has 25 heavy (non-hydrogen) atoms. The average molecular weight is 379 g/mol. The van der Waals surface area contributed by atoms with Crippen LogP contribution in [0.2, 0.25) is 0 Å². The van der Waals surface area contributed by atoms with Gasteiger partial charge in [-0.1, -0.05) is 13.8 Å². The molecule has 0 aliphatic carbocycles. The molecule has 2 atom stereocenters. The Bertz CT molecular complexity index is 581. The lowest BCUT2D eigenvalue weighted by Gasteiger charge is -2.36. The number of ether oxygens (including phenoxy) is 1. The van der Waals surface area contributed by atoms with Crippen molar-refractivity contribution in [1.82, 2.24) is 0 Å². The summed E-state index contributed by atoms with van der Waals surface area (Å²) in [7, 11) is -3.77. The van der Waals surface area contributed by atoms with Gasteiger partial charge >= 0.3 is 13.6 Å². The van der Waals surface area contributed by atoms with E-state index in [2.05, 4.69) is 0 Å². The monoisotopic (exact) mass is 379 g/mol. The zero-order chi connectivity index (χ0) is 19.6. The van der Waals surface area contributed by atoms with Crippen LogP contribution in [0.25, 0.3) is 0 Å². The molecule has 1 rings (SSSR count). The largest absolute Gasteiger partial charge is 0.454 e. The Hall–Kier alpha value is -1.31. The number of carbonyl (C=O) groups is 2. The van der Waals surface area contributed by atoms with E-state index >= 15 is 0 Å². The number of ketones is 1. The summed E-state index contributed by atoms with van der Waals surface area (Å²) in [6.07, 6.45) is -0.733. The topological polar surface area (TPSA) is 122 Å². The highest BCUT2D eigenvalue weighted by Gasteiger charge is 2.49. The van der Waals surface area contributed by atoms with Crippen molar-refractivity contribution in [3.8, 4) is 0 Å². The van der Waals surface area contributed by atoms with Crippen molar-refractivity contribution < 1.29 is 32.9 Å². The Labute approximate surface area is 147 Å². The van der Waals surface area contributed by atoms with Crippen molar-refractivity contribution in [2.45, 2.75) is 65.3 Å². The molecule has 9 nitrogen and oxygen atoms in total. The minimum atomic E-state index is -3.77. The Kier molecular flexibility index (Phi) is 6.53. The van der Waals surface area contributed by atoms with Crippen LogP contribution in [-0.4, -0.2) is 47.2 Å². The highest BCUT2D eigenvalue weighted by atomic mass is 31.2. The third-order valence-electron chi connectivity index (χ3n) is 3.62. The van der Waals surface area contributed by atoms with Crippen molar-refractivity contribution >= 4 is 19.3 Å². The van der Waals surface area contributed by atoms with Gasteiger partial charge in [-0.15, -0.1) is 0 Å². The third-order valence-corrected chi connectivity index (χ3v) is 5.94. The maximum Gasteiger partial charge on any atom is 0.375 e. The van der Waals surface area contributed by atoms with E-state index in [0.717, 1.165) is 0 Å². The lowest BCUT2D eigenvalue weighted by atomic mass is 9.97. The molecule has 144 valence electrons. The summed E-state index contributed by atoms with van der Waals surface area (Å²) in [6, 6.07) is -1.58. The summed E-state index contributed by atoms with van der Waals surface area (Å²) < 4.78 is 28.3. The lowest BCUT2D eigenvalue weighted by Crippen LogP contribution is -2.40. The van der Waals surface area contributed by atoms with Crippen molar-refractivity contribution in [2.24, 2.45) is 5.41 Å². The molecule has 1 aliphatic heterocycles. The van der Waals surface area contributed by atoms with Gasteiger partial charge in [0.05, 0.1) is 19.6 Å². The van der Waals surface area contributed by atoms with Crippen LogP contribution < -0.4 is 0 Å². The molecular weight excluding hydrogens is 353 g/mol. The van der Waals surface area contributed by atoms with E-state index in [0.29, 0.717) is 0 Å². The fourth-order valence-corrected chi connectivity index (χ4v) is 4.32. The summed E-state index contributed by atoms with van der Waals surface area (Å²) >= 11 is 0. The van der Waals surface area contributed by atoms with Gasteiger partial charge < -0.3 is 13.8 Å². The zero-order valence-electron chi connectivity index (χ0n) is 15.4. The fourth-order valence-electron chi connectivity index (χ4n) is 2.08. The quantitative estimate of drug-likeness (QED) is 0.227. The highest BCUT2D eigenvalue weighted by Crippen LogP contribution is 2.58. The molecule has 0 amide bonds. The molecule has 0 bridgehead atoms. The second kappa shape index (κ2) is 7.51. The molecule has 1 fully saturated rings. The SMILES string of the molecule is CC(C(CC(=O)C(=O)OC(C)(C)C)[N+](=O)[O-])P1(=O)OCC(C)(C)CO1. The maximum atomic E-state index is 12.8. The maximum absolute atomic E-state index is 12.8. The first-order valence-electron chi connectivity index (χ1n) is 7.95. The Morgan fingerprint density at radius 3 is 2.16 bits per heavy atom. The van der Waals surface area contributed by atoms with Gasteiger partial charge in [-0.2, -0.15) is 0 Å². The van der Waals surface area contributed by atoms with Crippen LogP contribution in [-0.2, 0) is 27.9 Å². The number of hydrogen-bond acceptors (Lipinski definition) is 8. The molecule has 0 radical (unpaired) electrons. The van der Waals surface area contributed by atoms with E-state index in [4.69, 9.17) is 13.8 Å². The summed E-state index contributed by atoms with van der Waals surface area (Å²) in [4.78, 5) is 34.4. The fraction of sp³-hybridized carbons (Fsp3) is 0.867. The van der Waals surface area contributed by atoms with E-state index in [-0.39, 0.29) is 18.6 Å². The second-order valence-electron chi connectivity index (χ2n) is 7.97. The normalized spacial score (nSPS) is 21.8. The number of rotatable bonds is 6. The second-order valence-corrected chi connectivity index (χ2v) is 10.4. The van der Waals surface area contributed by atoms with Crippen molar-refractivity contribution in [3.63, 3.8) is 0 Å². The number of esters is 1. The summed E-state index contributed by atoms with van der Waals surface area (Å²) in [6.45, 7) is 10.0. The first-order chi connectivity index (χ1) is 11.2. The first-order valence-corrected chi connectivity index (χ1v) is 9.56. The van der Waals surface area contributed by atoms with Crippen LogP contribution in [0.15, 0.2) is 0 Å². The van der Waals surface area contributed by atoms with Crippen LogP contribution in [0.3, 0.4) is 0 Å². The molecule has 10 heteroatoms. The highest BCUT2D eigenvalue weighted by molar-refractivity contribution is 7.54. The van der Waals surface area contributed by atoms with Gasteiger partial charge in [0.1, 0.15) is 11.3 Å². The molecule has 0 aromatic heterocycles. The predicted octanol–water partition coefficient (Wildman–Crippen LogP) is 2.59. The van der Waals surface area contributed by atoms with Gasteiger partial charge in [-0.05, 0) is 27.7 Å². The van der Waals surface area contributed by atoms with Crippen LogP contribution in [0.5, 0.6) is 0 Å². The molecule has 0 N–H and O–H groups in total. The summed E-state index contributed by atoms with van der Waals surface area (Å²) in [5.74, 6) is -2.20. The summed E-state index contributed by atoms with van der Waals surface area (Å²) in [5.41, 5.74) is -2.43. The van der Waals surface area contributed by atoms with Gasteiger partial charge in [0.25, 0.3) is 0 Å². The Balaban J connectivity index is 2.86. The number of nitro groups is 1. The van der Waals surface area contributed by atoms with Crippen LogP contribution >= 0.6 is 7.60 Å². The lowest BCUT2D eigenvalue weighted by molar-refractivity contribution is -0.520. The number of Topliss-reactive ketones (excluding diaryl/α,β-unsaturated/α-hetero) is 1. The van der Waals surface area contributed by atoms with Gasteiger partial charge in [0.2, 0.25) is 11.8 Å². The van der Waals surface area contributed by atoms with Gasteiger partial charge in [0.15, 0.2) is 0 Å². The molecule has 0 aromatic rings. The van der Waals surface area contributed by atoms with E-state index < -0.39 is 48.0 Å². The van der Waals surface area contributed by atoms with Gasteiger partial charge in [-0.3, -0.25) is 19.5 Å². The standard InChI is InChI=1S/C15H26NO8P/c1-10(25(21)22-8-15(5,6)9-23-25)11(16(19)20)7-12(17)13(18)24-14(2,3)4/h10-11H,7-9H2,1-6H3. The molecular formula is C15H26NO8P.